The number of nitrogens with zero attached hydrogens (tertiary/aromatic N) is 2. The molecule has 1 saturated carbocycles. The Kier molecular flexibility index (Phi) is 5.00. The van der Waals surface area contributed by atoms with E-state index in [2.05, 4.69) is 4.72 Å². The van der Waals surface area contributed by atoms with Gasteiger partial charge in [0.1, 0.15) is 0 Å². The van der Waals surface area contributed by atoms with E-state index in [9.17, 15) is 13.2 Å². The number of likely N-dealkylation sites (N-methyl/N-ethyl adjacent to an activating group) is 1. The summed E-state index contributed by atoms with van der Waals surface area (Å²) in [5, 5.41) is 8.82. The Morgan fingerprint density at radius 2 is 1.95 bits per heavy atom. The van der Waals surface area contributed by atoms with Crippen LogP contribution in [0.25, 0.3) is 0 Å². The molecule has 7 nitrogen and oxygen atoms in total. The minimum Gasteiger partial charge on any atom is -0.480 e. The van der Waals surface area contributed by atoms with Gasteiger partial charge < -0.3 is 5.11 Å². The number of carbonyl (C=O) groups is 1. The summed E-state index contributed by atoms with van der Waals surface area (Å²) < 4.78 is 28.4. The fraction of sp³-hybridized carbons (Fsp3) is 0.917. The van der Waals surface area contributed by atoms with E-state index in [1.165, 1.54) is 4.31 Å². The van der Waals surface area contributed by atoms with Crippen molar-refractivity contribution in [2.75, 3.05) is 26.2 Å². The molecule has 0 aromatic carbocycles. The molecule has 2 fully saturated rings. The lowest BCUT2D eigenvalue weighted by Gasteiger charge is -2.42. The van der Waals surface area contributed by atoms with Gasteiger partial charge >= 0.3 is 5.97 Å². The van der Waals surface area contributed by atoms with E-state index in [0.29, 0.717) is 32.5 Å². The van der Waals surface area contributed by atoms with Crippen LogP contribution in [0.15, 0.2) is 0 Å². The molecule has 1 aliphatic heterocycles. The largest absolute Gasteiger partial charge is 0.480 e. The van der Waals surface area contributed by atoms with Crippen LogP contribution in [0.5, 0.6) is 0 Å². The second-order valence-electron chi connectivity index (χ2n) is 5.51. The van der Waals surface area contributed by atoms with Crippen molar-refractivity contribution in [2.24, 2.45) is 0 Å². The smallest absolute Gasteiger partial charge is 0.317 e. The van der Waals surface area contributed by atoms with Crippen LogP contribution in [0, 0.1) is 0 Å². The molecule has 2 rings (SSSR count). The van der Waals surface area contributed by atoms with Crippen LogP contribution < -0.4 is 4.72 Å². The quantitative estimate of drug-likeness (QED) is 0.683. The second kappa shape index (κ2) is 6.38. The number of nitrogens with one attached hydrogen (secondary N) is 1. The van der Waals surface area contributed by atoms with E-state index in [4.69, 9.17) is 5.11 Å². The second-order valence-corrected chi connectivity index (χ2v) is 7.21. The van der Waals surface area contributed by atoms with Crippen LogP contribution in [0.4, 0.5) is 0 Å². The minimum atomic E-state index is -3.35. The van der Waals surface area contributed by atoms with E-state index in [-0.39, 0.29) is 18.6 Å². The van der Waals surface area contributed by atoms with Gasteiger partial charge in [0.25, 0.3) is 10.2 Å². The standard InChI is InChI=1S/C12H23N3O4S/c1-2-14(9-12(16)17)11-7-10(8-11)13-20(18,19)15-5-3-4-6-15/h10-11,13H,2-9H2,1H3,(H,16,17). The zero-order valence-corrected chi connectivity index (χ0v) is 12.6. The molecule has 20 heavy (non-hydrogen) atoms. The molecule has 0 atom stereocenters. The normalized spacial score (nSPS) is 27.7. The highest BCUT2D eigenvalue weighted by Gasteiger charge is 2.37. The lowest BCUT2D eigenvalue weighted by Crippen LogP contribution is -2.56. The van der Waals surface area contributed by atoms with Gasteiger partial charge in [-0.2, -0.15) is 17.4 Å². The molecular weight excluding hydrogens is 282 g/mol. The number of rotatable bonds is 7. The van der Waals surface area contributed by atoms with Gasteiger partial charge in [0.2, 0.25) is 0 Å². The van der Waals surface area contributed by atoms with Gasteiger partial charge in [-0.3, -0.25) is 9.69 Å². The average molecular weight is 305 g/mol. The summed E-state index contributed by atoms with van der Waals surface area (Å²) in [6.45, 7) is 3.82. The number of hydrogen-bond donors (Lipinski definition) is 2. The number of carboxylic acid groups (broad SMARTS) is 1. The van der Waals surface area contributed by atoms with Crippen molar-refractivity contribution in [1.82, 2.24) is 13.9 Å². The van der Waals surface area contributed by atoms with Crippen LogP contribution in [0.3, 0.4) is 0 Å². The molecule has 1 heterocycles. The minimum absolute atomic E-state index is 0.0206. The molecule has 0 spiro atoms. The Morgan fingerprint density at radius 1 is 1.35 bits per heavy atom. The summed E-state index contributed by atoms with van der Waals surface area (Å²) >= 11 is 0. The first-order valence-electron chi connectivity index (χ1n) is 7.15. The zero-order chi connectivity index (χ0) is 14.8. The molecule has 0 aromatic rings. The van der Waals surface area contributed by atoms with Crippen LogP contribution in [-0.2, 0) is 15.0 Å². The number of aliphatic carboxylic acids is 1. The number of carboxylic acids is 1. The summed E-state index contributed by atoms with van der Waals surface area (Å²) in [7, 11) is -3.35. The molecule has 0 radical (unpaired) electrons. The highest BCUT2D eigenvalue weighted by atomic mass is 32.2. The fourth-order valence-electron chi connectivity index (χ4n) is 2.87. The van der Waals surface area contributed by atoms with E-state index in [1.807, 2.05) is 11.8 Å². The summed E-state index contributed by atoms with van der Waals surface area (Å²) in [4.78, 5) is 12.6. The molecule has 1 aliphatic carbocycles. The Balaban J connectivity index is 1.79. The fourth-order valence-corrected chi connectivity index (χ4v) is 4.37. The maximum atomic E-state index is 12.1. The predicted molar refractivity (Wildman–Crippen MR) is 74.6 cm³/mol. The van der Waals surface area contributed by atoms with Crippen molar-refractivity contribution in [3.05, 3.63) is 0 Å². The van der Waals surface area contributed by atoms with Crippen LogP contribution in [-0.4, -0.2) is 67.0 Å². The molecule has 0 amide bonds. The highest BCUT2D eigenvalue weighted by Crippen LogP contribution is 2.27. The highest BCUT2D eigenvalue weighted by molar-refractivity contribution is 7.87. The molecule has 0 bridgehead atoms. The van der Waals surface area contributed by atoms with E-state index >= 15 is 0 Å². The molecule has 2 N–H and O–H groups in total. The van der Waals surface area contributed by atoms with Gasteiger partial charge in [-0.05, 0) is 32.2 Å². The van der Waals surface area contributed by atoms with Crippen molar-refractivity contribution >= 4 is 16.2 Å². The van der Waals surface area contributed by atoms with E-state index in [1.54, 1.807) is 0 Å². The van der Waals surface area contributed by atoms with E-state index in [0.717, 1.165) is 12.8 Å². The summed E-state index contributed by atoms with van der Waals surface area (Å²) in [6, 6.07) is 0.107. The van der Waals surface area contributed by atoms with Crippen LogP contribution >= 0.6 is 0 Å². The maximum absolute atomic E-state index is 12.1. The van der Waals surface area contributed by atoms with Gasteiger partial charge in [0.15, 0.2) is 0 Å². The lowest BCUT2D eigenvalue weighted by molar-refractivity contribution is -0.139. The predicted octanol–water partition coefficient (Wildman–Crippen LogP) is -0.146. The SMILES string of the molecule is CCN(CC(=O)O)C1CC(NS(=O)(=O)N2CCCC2)C1. The van der Waals surface area contributed by atoms with Crippen molar-refractivity contribution in [3.63, 3.8) is 0 Å². The third-order valence-electron chi connectivity index (χ3n) is 4.09. The van der Waals surface area contributed by atoms with Crippen molar-refractivity contribution in [1.29, 1.82) is 0 Å². The third-order valence-corrected chi connectivity index (χ3v) is 5.77. The van der Waals surface area contributed by atoms with Crippen molar-refractivity contribution in [2.45, 2.75) is 44.7 Å². The van der Waals surface area contributed by atoms with Crippen molar-refractivity contribution in [3.8, 4) is 0 Å². The Bertz CT molecular complexity index is 442. The van der Waals surface area contributed by atoms with Gasteiger partial charge in [-0.25, -0.2) is 0 Å². The first-order valence-corrected chi connectivity index (χ1v) is 8.59. The summed E-state index contributed by atoms with van der Waals surface area (Å²) in [5.74, 6) is -0.840. The van der Waals surface area contributed by atoms with Gasteiger partial charge in [-0.1, -0.05) is 6.92 Å². The van der Waals surface area contributed by atoms with Crippen molar-refractivity contribution < 1.29 is 18.3 Å². The third kappa shape index (κ3) is 3.69. The summed E-state index contributed by atoms with van der Waals surface area (Å²) in [5.41, 5.74) is 0. The molecular formula is C12H23N3O4S. The first-order chi connectivity index (χ1) is 9.42. The van der Waals surface area contributed by atoms with Crippen LogP contribution in [0.2, 0.25) is 0 Å². The molecule has 2 aliphatic rings. The molecule has 8 heteroatoms. The Morgan fingerprint density at radius 3 is 2.45 bits per heavy atom. The number of hydrogen-bond acceptors (Lipinski definition) is 4. The monoisotopic (exact) mass is 305 g/mol. The van der Waals surface area contributed by atoms with Gasteiger partial charge in [0.05, 0.1) is 6.54 Å². The van der Waals surface area contributed by atoms with Gasteiger partial charge in [-0.15, -0.1) is 0 Å². The molecule has 116 valence electrons. The Hall–Kier alpha value is -0.700. The van der Waals surface area contributed by atoms with Crippen LogP contribution in [0.1, 0.15) is 32.6 Å². The van der Waals surface area contributed by atoms with Gasteiger partial charge in [0, 0.05) is 25.2 Å². The average Bonchev–Trinajstić information content (AvgIpc) is 2.85. The molecule has 0 aromatic heterocycles. The zero-order valence-electron chi connectivity index (χ0n) is 11.8. The Labute approximate surface area is 120 Å². The lowest BCUT2D eigenvalue weighted by atomic mass is 9.86. The molecule has 0 unspecified atom stereocenters. The topological polar surface area (TPSA) is 90.0 Å². The first kappa shape index (κ1) is 15.7. The maximum Gasteiger partial charge on any atom is 0.317 e. The van der Waals surface area contributed by atoms with E-state index < -0.39 is 16.2 Å². The molecule has 1 saturated heterocycles. The summed E-state index contributed by atoms with van der Waals surface area (Å²) in [6.07, 6.45) is 3.23.